The van der Waals surface area contributed by atoms with Crippen LogP contribution in [0, 0.1) is 0 Å². The standard InChI is InChI=1S/C20H20O3S/c1-22-17-10-14(11-18(13-17)23-2)9-15-5-3-6-16(20(15)21)12-19-7-4-8-24-19/h4,7-13H,3,5-6H2,1-2H3/b15-9+,16-12-. The van der Waals surface area contributed by atoms with Crippen molar-refractivity contribution in [3.8, 4) is 11.5 Å². The first-order valence-corrected chi connectivity index (χ1v) is 8.80. The molecule has 4 heteroatoms. The Balaban J connectivity index is 1.91. The summed E-state index contributed by atoms with van der Waals surface area (Å²) in [4.78, 5) is 13.9. The minimum absolute atomic E-state index is 0.149. The maximum atomic E-state index is 12.8. The van der Waals surface area contributed by atoms with Crippen molar-refractivity contribution in [1.29, 1.82) is 0 Å². The third-order valence-corrected chi connectivity index (χ3v) is 4.87. The number of ketones is 1. The Labute approximate surface area is 146 Å². The zero-order valence-electron chi connectivity index (χ0n) is 13.9. The molecule has 0 bridgehead atoms. The summed E-state index contributed by atoms with van der Waals surface area (Å²) in [6, 6.07) is 9.70. The van der Waals surface area contributed by atoms with Crippen LogP contribution in [0.25, 0.3) is 12.2 Å². The van der Waals surface area contributed by atoms with Gasteiger partial charge in [0, 0.05) is 22.1 Å². The molecular formula is C20H20O3S. The monoisotopic (exact) mass is 340 g/mol. The number of carbonyl (C=O) groups is 1. The minimum atomic E-state index is 0.149. The van der Waals surface area contributed by atoms with Crippen molar-refractivity contribution in [2.45, 2.75) is 19.3 Å². The van der Waals surface area contributed by atoms with Gasteiger partial charge in [0.25, 0.3) is 0 Å². The molecule has 0 spiro atoms. The SMILES string of the molecule is COc1cc(/C=C2\CCC/C(=C/c3cccs3)C2=O)cc(OC)c1. The molecule has 0 saturated heterocycles. The van der Waals surface area contributed by atoms with Crippen LogP contribution in [-0.2, 0) is 4.79 Å². The smallest absolute Gasteiger partial charge is 0.185 e. The summed E-state index contributed by atoms with van der Waals surface area (Å²) >= 11 is 1.65. The molecule has 2 aromatic rings. The van der Waals surface area contributed by atoms with Gasteiger partial charge in [-0.25, -0.2) is 0 Å². The van der Waals surface area contributed by atoms with Crippen molar-refractivity contribution in [1.82, 2.24) is 0 Å². The van der Waals surface area contributed by atoms with Crippen molar-refractivity contribution in [2.75, 3.05) is 14.2 Å². The fraction of sp³-hybridized carbons (Fsp3) is 0.250. The summed E-state index contributed by atoms with van der Waals surface area (Å²) in [5, 5.41) is 2.03. The van der Waals surface area contributed by atoms with E-state index in [0.717, 1.165) is 52.3 Å². The number of rotatable bonds is 4. The van der Waals surface area contributed by atoms with Crippen molar-refractivity contribution in [3.63, 3.8) is 0 Å². The number of thiophene rings is 1. The Morgan fingerprint density at radius 3 is 2.25 bits per heavy atom. The lowest BCUT2D eigenvalue weighted by Crippen LogP contribution is -2.12. The highest BCUT2D eigenvalue weighted by molar-refractivity contribution is 7.10. The van der Waals surface area contributed by atoms with Crippen molar-refractivity contribution in [3.05, 3.63) is 57.3 Å². The number of benzene rings is 1. The van der Waals surface area contributed by atoms with E-state index in [4.69, 9.17) is 9.47 Å². The van der Waals surface area contributed by atoms with Crippen LogP contribution in [0.3, 0.4) is 0 Å². The van der Waals surface area contributed by atoms with Gasteiger partial charge in [0.2, 0.25) is 0 Å². The van der Waals surface area contributed by atoms with Gasteiger partial charge in [0.05, 0.1) is 14.2 Å². The average molecular weight is 340 g/mol. The summed E-state index contributed by atoms with van der Waals surface area (Å²) < 4.78 is 10.6. The molecule has 124 valence electrons. The predicted molar refractivity (Wildman–Crippen MR) is 98.7 cm³/mol. The number of methoxy groups -OCH3 is 2. The maximum absolute atomic E-state index is 12.8. The second kappa shape index (κ2) is 7.49. The van der Waals surface area contributed by atoms with Gasteiger partial charge in [-0.1, -0.05) is 6.07 Å². The van der Waals surface area contributed by atoms with Gasteiger partial charge < -0.3 is 9.47 Å². The molecule has 1 aromatic heterocycles. The van der Waals surface area contributed by atoms with E-state index in [1.807, 2.05) is 47.9 Å². The Morgan fingerprint density at radius 1 is 1.00 bits per heavy atom. The van der Waals surface area contributed by atoms with Gasteiger partial charge in [-0.3, -0.25) is 4.79 Å². The molecule has 1 aliphatic carbocycles. The number of hydrogen-bond donors (Lipinski definition) is 0. The van der Waals surface area contributed by atoms with Crippen LogP contribution in [0.2, 0.25) is 0 Å². The van der Waals surface area contributed by atoms with Gasteiger partial charge in [0.15, 0.2) is 5.78 Å². The second-order valence-electron chi connectivity index (χ2n) is 5.68. The molecule has 1 aliphatic rings. The fourth-order valence-corrected chi connectivity index (χ4v) is 3.52. The molecule has 0 N–H and O–H groups in total. The van der Waals surface area contributed by atoms with Crippen LogP contribution in [0.5, 0.6) is 11.5 Å². The third-order valence-electron chi connectivity index (χ3n) is 4.05. The van der Waals surface area contributed by atoms with Gasteiger partial charge in [0.1, 0.15) is 11.5 Å². The molecule has 3 rings (SSSR count). The first-order chi connectivity index (χ1) is 11.7. The zero-order chi connectivity index (χ0) is 16.9. The van der Waals surface area contributed by atoms with Gasteiger partial charge in [-0.15, -0.1) is 11.3 Å². The summed E-state index contributed by atoms with van der Waals surface area (Å²) in [6.45, 7) is 0. The minimum Gasteiger partial charge on any atom is -0.497 e. The number of carbonyl (C=O) groups excluding carboxylic acids is 1. The van der Waals surface area contributed by atoms with E-state index in [2.05, 4.69) is 0 Å². The molecule has 0 unspecified atom stereocenters. The highest BCUT2D eigenvalue weighted by Gasteiger charge is 2.20. The van der Waals surface area contributed by atoms with Crippen molar-refractivity contribution < 1.29 is 14.3 Å². The summed E-state index contributed by atoms with van der Waals surface area (Å²) in [5.74, 6) is 1.59. The predicted octanol–water partition coefficient (Wildman–Crippen LogP) is 4.99. The van der Waals surface area contributed by atoms with E-state index in [1.54, 1.807) is 25.6 Å². The van der Waals surface area contributed by atoms with Crippen LogP contribution in [0.15, 0.2) is 46.9 Å². The van der Waals surface area contributed by atoms with Gasteiger partial charge in [-0.05, 0) is 60.6 Å². The molecule has 1 aromatic carbocycles. The van der Waals surface area contributed by atoms with E-state index in [9.17, 15) is 4.79 Å². The normalized spacial score (nSPS) is 18.2. The number of allylic oxidation sites excluding steroid dienone is 2. The lowest BCUT2D eigenvalue weighted by molar-refractivity contribution is -0.112. The molecular weight excluding hydrogens is 320 g/mol. The highest BCUT2D eigenvalue weighted by Crippen LogP contribution is 2.30. The Bertz CT molecular complexity index is 763. The van der Waals surface area contributed by atoms with E-state index in [-0.39, 0.29) is 5.78 Å². The average Bonchev–Trinajstić information content (AvgIpc) is 3.11. The molecule has 1 saturated carbocycles. The fourth-order valence-electron chi connectivity index (χ4n) is 2.84. The molecule has 0 atom stereocenters. The third kappa shape index (κ3) is 3.77. The molecule has 24 heavy (non-hydrogen) atoms. The largest absolute Gasteiger partial charge is 0.497 e. The molecule has 3 nitrogen and oxygen atoms in total. The molecule has 1 fully saturated rings. The van der Waals surface area contributed by atoms with Gasteiger partial charge in [-0.2, -0.15) is 0 Å². The summed E-state index contributed by atoms with van der Waals surface area (Å²) in [5.41, 5.74) is 2.66. The molecule has 0 amide bonds. The molecule has 0 radical (unpaired) electrons. The molecule has 0 aliphatic heterocycles. The Hall–Kier alpha value is -2.33. The van der Waals surface area contributed by atoms with Crippen LogP contribution in [0.4, 0.5) is 0 Å². The molecule has 1 heterocycles. The lowest BCUT2D eigenvalue weighted by Gasteiger charge is -2.16. The van der Waals surface area contributed by atoms with Crippen LogP contribution < -0.4 is 9.47 Å². The van der Waals surface area contributed by atoms with E-state index in [1.165, 1.54) is 0 Å². The number of hydrogen-bond acceptors (Lipinski definition) is 4. The van der Waals surface area contributed by atoms with Crippen molar-refractivity contribution in [2.24, 2.45) is 0 Å². The van der Waals surface area contributed by atoms with E-state index < -0.39 is 0 Å². The first kappa shape index (κ1) is 16.5. The zero-order valence-corrected chi connectivity index (χ0v) is 14.7. The van der Waals surface area contributed by atoms with Gasteiger partial charge >= 0.3 is 0 Å². The summed E-state index contributed by atoms with van der Waals surface area (Å²) in [7, 11) is 3.25. The quantitative estimate of drug-likeness (QED) is 0.736. The number of ether oxygens (including phenoxy) is 2. The van der Waals surface area contributed by atoms with E-state index >= 15 is 0 Å². The first-order valence-electron chi connectivity index (χ1n) is 7.92. The Morgan fingerprint density at radius 2 is 1.67 bits per heavy atom. The topological polar surface area (TPSA) is 35.5 Å². The van der Waals surface area contributed by atoms with Crippen molar-refractivity contribution >= 4 is 29.3 Å². The Kier molecular flexibility index (Phi) is 5.16. The van der Waals surface area contributed by atoms with Crippen LogP contribution >= 0.6 is 11.3 Å². The lowest BCUT2D eigenvalue weighted by atomic mass is 9.87. The van der Waals surface area contributed by atoms with Crippen LogP contribution in [-0.4, -0.2) is 20.0 Å². The summed E-state index contributed by atoms with van der Waals surface area (Å²) in [6.07, 6.45) is 6.62. The second-order valence-corrected chi connectivity index (χ2v) is 6.66. The van der Waals surface area contributed by atoms with Crippen LogP contribution in [0.1, 0.15) is 29.7 Å². The maximum Gasteiger partial charge on any atom is 0.185 e. The highest BCUT2D eigenvalue weighted by atomic mass is 32.1. The van der Waals surface area contributed by atoms with E-state index in [0.29, 0.717) is 0 Å². The number of Topliss-reactive ketones (excluding diaryl/α,β-unsaturated/α-hetero) is 1.